The number of benzene rings is 3. The van der Waals surface area contributed by atoms with Gasteiger partial charge in [0.25, 0.3) is 0 Å². The molecule has 0 aliphatic rings. The van der Waals surface area contributed by atoms with Crippen molar-refractivity contribution in [3.05, 3.63) is 95.6 Å². The topological polar surface area (TPSA) is 408 Å². The fraction of sp³-hybridized carbons (Fsp3) is 0.455. The average Bonchev–Trinajstić information content (AvgIpc) is 3.42. The lowest BCUT2D eigenvalue weighted by atomic mass is 10.0. The molecule has 0 saturated heterocycles. The number of esters is 2. The molecule has 1 unspecified atom stereocenters. The number of carbonyl (C=O) groups excluding carboxylic acids is 11. The monoisotopic (exact) mass is 1140 g/mol. The Balaban J connectivity index is 1.55. The number of amides is 9. The third-order valence-electron chi connectivity index (χ3n) is 11.6. The number of methoxy groups -OCH3 is 1. The van der Waals surface area contributed by atoms with Crippen LogP contribution in [0.2, 0.25) is 0 Å². The number of ether oxygens (including phenoxy) is 3. The van der Waals surface area contributed by atoms with Gasteiger partial charge in [0.2, 0.25) is 59.0 Å². The van der Waals surface area contributed by atoms with Crippen molar-refractivity contribution in [2.75, 3.05) is 39.8 Å². The van der Waals surface area contributed by atoms with E-state index in [0.29, 0.717) is 28.9 Å². The van der Waals surface area contributed by atoms with Gasteiger partial charge in [-0.1, -0.05) is 68.4 Å². The van der Waals surface area contributed by atoms with Crippen LogP contribution in [0.5, 0.6) is 11.5 Å². The van der Waals surface area contributed by atoms with E-state index < -0.39 is 127 Å². The number of rotatable bonds is 33. The first-order valence-corrected chi connectivity index (χ1v) is 26.2. The van der Waals surface area contributed by atoms with Gasteiger partial charge in [0, 0.05) is 53.5 Å². The Morgan fingerprint density at radius 2 is 1.02 bits per heavy atom. The summed E-state index contributed by atoms with van der Waals surface area (Å²) in [5.74, 6) is -9.04. The minimum absolute atomic E-state index is 0.00813. The van der Waals surface area contributed by atoms with E-state index in [1.54, 1.807) is 54.6 Å². The van der Waals surface area contributed by atoms with Crippen LogP contribution in [-0.4, -0.2) is 152 Å². The number of hydrogen-bond acceptors (Lipinski definition) is 16. The molecule has 3 rings (SSSR count). The molecule has 9 amide bonds. The average molecular weight is 1150 g/mol. The molecule has 446 valence electrons. The highest BCUT2D eigenvalue weighted by Gasteiger charge is 2.32. The van der Waals surface area contributed by atoms with Crippen LogP contribution in [0, 0.1) is 5.92 Å². The van der Waals surface area contributed by atoms with E-state index in [2.05, 4.69) is 52.8 Å². The maximum Gasteiger partial charge on any atom is 0.328 e. The molecule has 27 nitrogen and oxygen atoms in total. The highest BCUT2D eigenvalue weighted by molar-refractivity contribution is 5.95. The predicted molar refractivity (Wildman–Crippen MR) is 297 cm³/mol. The van der Waals surface area contributed by atoms with Crippen LogP contribution in [-0.2, 0) is 76.7 Å². The van der Waals surface area contributed by atoms with E-state index in [1.807, 2.05) is 13.8 Å². The van der Waals surface area contributed by atoms with Crippen LogP contribution < -0.4 is 68.8 Å². The lowest BCUT2D eigenvalue weighted by Gasteiger charge is -2.26. The van der Waals surface area contributed by atoms with Crippen LogP contribution >= 0.6 is 0 Å². The molecule has 0 fully saturated rings. The molecule has 14 N–H and O–H groups in total. The van der Waals surface area contributed by atoms with Crippen molar-refractivity contribution in [2.24, 2.45) is 22.4 Å². The van der Waals surface area contributed by atoms with E-state index in [-0.39, 0.29) is 56.3 Å². The van der Waals surface area contributed by atoms with Crippen LogP contribution in [0.15, 0.2) is 83.9 Å². The van der Waals surface area contributed by atoms with Gasteiger partial charge in [0.05, 0.1) is 33.3 Å². The molecule has 3 aromatic carbocycles. The predicted octanol–water partition coefficient (Wildman–Crippen LogP) is -2.07. The van der Waals surface area contributed by atoms with E-state index >= 15 is 0 Å². The number of nitrogens with two attached hydrogens (primary N) is 2. The van der Waals surface area contributed by atoms with Crippen molar-refractivity contribution < 1.29 is 72.1 Å². The van der Waals surface area contributed by atoms with Gasteiger partial charge >= 0.3 is 11.9 Å². The van der Waals surface area contributed by atoms with Crippen molar-refractivity contribution in [3.63, 3.8) is 0 Å². The minimum atomic E-state index is -1.95. The Labute approximate surface area is 474 Å². The fourth-order valence-electron chi connectivity index (χ4n) is 7.82. The summed E-state index contributed by atoms with van der Waals surface area (Å²) < 4.78 is 15.6. The molecule has 0 radical (unpaired) electrons. The molecule has 82 heavy (non-hydrogen) atoms. The third kappa shape index (κ3) is 26.7. The number of guanidine groups is 1. The highest BCUT2D eigenvalue weighted by Crippen LogP contribution is 2.19. The summed E-state index contributed by atoms with van der Waals surface area (Å²) in [5.41, 5.74) is 12.6. The van der Waals surface area contributed by atoms with Gasteiger partial charge in [0.1, 0.15) is 41.7 Å². The maximum absolute atomic E-state index is 13.9. The van der Waals surface area contributed by atoms with Gasteiger partial charge in [0.15, 0.2) is 5.96 Å². The second-order valence-corrected chi connectivity index (χ2v) is 19.6. The zero-order valence-electron chi connectivity index (χ0n) is 47.0. The van der Waals surface area contributed by atoms with E-state index in [1.165, 1.54) is 59.1 Å². The summed E-state index contributed by atoms with van der Waals surface area (Å²) in [5, 5.41) is 33.7. The summed E-state index contributed by atoms with van der Waals surface area (Å²) in [6, 6.07) is 15.4. The summed E-state index contributed by atoms with van der Waals surface area (Å²) in [6.45, 7) is 6.67. The minimum Gasteiger partial charge on any atom is -0.467 e. The smallest absolute Gasteiger partial charge is 0.328 e. The van der Waals surface area contributed by atoms with Gasteiger partial charge in [-0.3, -0.25) is 52.9 Å². The van der Waals surface area contributed by atoms with Crippen molar-refractivity contribution in [3.8, 4) is 11.5 Å². The molecule has 6 atom stereocenters. The van der Waals surface area contributed by atoms with E-state index in [9.17, 15) is 57.8 Å². The standard InChI is InChI=1S/C55H76N12O15/c1-32(2)24-42(51(76)66-41(53(78)80-7)14-11-23-58-54(56)57)67-52(77)45(25-36-12-9-8-10-13-36)65-48(73)30-59-46(71)28-60-49(74)44(64-34(4)69)27-38-17-21-40(22-18-38)82-55(6,79)31-62-47(72)29-61-50(75)43(63-33(3)68)26-37-15-19-39(20-16-37)81-35(5)70/h8-10,12-13,15-22,32,41-45,79H,11,14,23-31H2,1-7H3,(H,59,71)(H,60,74)(H,61,75)(H,62,72)(H,63,68)(H,64,69)(H,65,73)(H,66,76)(H,67,77)(H4,56,57,58)/t41-,42-,43-,44-,45-,55?/m0/s1. The molecule has 0 bridgehead atoms. The number of nitrogens with one attached hydrogen (secondary N) is 9. The zero-order valence-corrected chi connectivity index (χ0v) is 47.0. The summed E-state index contributed by atoms with van der Waals surface area (Å²) in [6.07, 6.45) is 0.606. The normalized spacial score (nSPS) is 13.3. The molecule has 0 heterocycles. The molecule has 3 aromatic rings. The molecule has 0 aliphatic heterocycles. The summed E-state index contributed by atoms with van der Waals surface area (Å²) >= 11 is 0. The first kappa shape index (κ1) is 67.1. The number of aliphatic hydroxyl groups is 1. The van der Waals surface area contributed by atoms with Crippen molar-refractivity contribution >= 4 is 71.1 Å². The van der Waals surface area contributed by atoms with Crippen molar-refractivity contribution in [1.82, 2.24) is 47.9 Å². The van der Waals surface area contributed by atoms with Crippen LogP contribution in [0.3, 0.4) is 0 Å². The van der Waals surface area contributed by atoms with Crippen molar-refractivity contribution in [1.29, 1.82) is 0 Å². The quantitative estimate of drug-likeness (QED) is 0.00778. The highest BCUT2D eigenvalue weighted by atomic mass is 16.6. The molecule has 0 saturated carbocycles. The first-order valence-electron chi connectivity index (χ1n) is 26.2. The van der Waals surface area contributed by atoms with Crippen LogP contribution in [0.25, 0.3) is 0 Å². The van der Waals surface area contributed by atoms with Crippen molar-refractivity contribution in [2.45, 2.75) is 116 Å². The Morgan fingerprint density at radius 3 is 1.51 bits per heavy atom. The van der Waals surface area contributed by atoms with E-state index in [4.69, 9.17) is 25.7 Å². The molecular weight excluding hydrogens is 1070 g/mol. The third-order valence-corrected chi connectivity index (χ3v) is 11.6. The molecule has 0 aliphatic carbocycles. The lowest BCUT2D eigenvalue weighted by molar-refractivity contribution is -0.145. The van der Waals surface area contributed by atoms with E-state index in [0.717, 1.165) is 0 Å². The molecule has 27 heteroatoms. The van der Waals surface area contributed by atoms with Crippen LogP contribution in [0.1, 0.15) is 77.5 Å². The first-order chi connectivity index (χ1) is 38.7. The Hall–Kier alpha value is -9.14. The summed E-state index contributed by atoms with van der Waals surface area (Å²) in [4.78, 5) is 144. The Kier molecular flexibility index (Phi) is 27.9. The number of aliphatic imine (C=N–C) groups is 1. The molecular formula is C55H76N12O15. The Bertz CT molecular complexity index is 2700. The summed E-state index contributed by atoms with van der Waals surface area (Å²) in [7, 11) is 1.17. The largest absolute Gasteiger partial charge is 0.467 e. The molecule has 0 spiro atoms. The second-order valence-electron chi connectivity index (χ2n) is 19.6. The maximum atomic E-state index is 13.9. The SMILES string of the molecule is COC(=O)[C@H](CCCN=C(N)N)NC(=O)[C@H](CC(C)C)NC(=O)[C@H](Cc1ccccc1)NC(=O)CNC(=O)CNC(=O)[C@H](Cc1ccc(OC(C)(O)CNC(=O)CNC(=O)[C@H](Cc2ccc(OC(C)=O)cc2)NC(C)=O)cc1)NC(C)=O. The number of carbonyl (C=O) groups is 11. The lowest BCUT2D eigenvalue weighted by Crippen LogP contribution is -2.57. The number of nitrogens with zero attached hydrogens (tertiary/aromatic N) is 1. The van der Waals surface area contributed by atoms with Crippen LogP contribution in [0.4, 0.5) is 0 Å². The number of hydrogen-bond donors (Lipinski definition) is 12. The van der Waals surface area contributed by atoms with Gasteiger partial charge in [-0.25, -0.2) is 4.79 Å². The second kappa shape index (κ2) is 34.1. The zero-order chi connectivity index (χ0) is 60.9. The Morgan fingerprint density at radius 1 is 0.561 bits per heavy atom. The van der Waals surface area contributed by atoms with Gasteiger partial charge in [-0.05, 0) is 66.1 Å². The molecule has 0 aromatic heterocycles. The fourth-order valence-corrected chi connectivity index (χ4v) is 7.82. The van der Waals surface area contributed by atoms with Gasteiger partial charge in [-0.15, -0.1) is 0 Å². The van der Waals surface area contributed by atoms with Gasteiger partial charge < -0.3 is 78.6 Å². The van der Waals surface area contributed by atoms with Gasteiger partial charge in [-0.2, -0.15) is 0 Å².